The standard InChI is InChI=1S/C13H11F2N3O3/c1-4-3-21-12-8(15)7(14)9(16)6-10(12)18(4)2-5(11(6)19)13(17)20/h2,4H,3,16H2,1H3,(H2,17,20). The van der Waals surface area contributed by atoms with Crippen LogP contribution in [-0.2, 0) is 0 Å². The summed E-state index contributed by atoms with van der Waals surface area (Å²) in [5.41, 5.74) is 8.86. The van der Waals surface area contributed by atoms with Gasteiger partial charge in [-0.2, -0.15) is 4.39 Å². The first-order valence-corrected chi connectivity index (χ1v) is 6.12. The second kappa shape index (κ2) is 4.18. The molecule has 1 amide bonds. The van der Waals surface area contributed by atoms with Crippen LogP contribution in [0.4, 0.5) is 14.5 Å². The van der Waals surface area contributed by atoms with E-state index in [1.807, 2.05) is 0 Å². The number of anilines is 1. The normalized spacial score (nSPS) is 16.8. The van der Waals surface area contributed by atoms with Crippen LogP contribution in [-0.4, -0.2) is 17.1 Å². The van der Waals surface area contributed by atoms with E-state index in [9.17, 15) is 18.4 Å². The van der Waals surface area contributed by atoms with Gasteiger partial charge in [-0.25, -0.2) is 4.39 Å². The first kappa shape index (κ1) is 13.3. The van der Waals surface area contributed by atoms with E-state index in [1.54, 1.807) is 6.92 Å². The number of nitrogens with zero attached hydrogens (tertiary/aromatic N) is 1. The van der Waals surface area contributed by atoms with Gasteiger partial charge in [-0.15, -0.1) is 0 Å². The van der Waals surface area contributed by atoms with Crippen LogP contribution in [0.1, 0.15) is 23.3 Å². The zero-order valence-corrected chi connectivity index (χ0v) is 10.9. The van der Waals surface area contributed by atoms with Gasteiger partial charge in [0.1, 0.15) is 17.7 Å². The minimum absolute atomic E-state index is 0.0279. The Morgan fingerprint density at radius 3 is 2.71 bits per heavy atom. The summed E-state index contributed by atoms with van der Waals surface area (Å²) in [5, 5.41) is -0.299. The highest BCUT2D eigenvalue weighted by Gasteiger charge is 2.30. The Bertz CT molecular complexity index is 860. The average molecular weight is 295 g/mol. The number of carbonyl (C=O) groups is 1. The number of nitrogen functional groups attached to an aromatic ring is 1. The molecule has 1 aromatic carbocycles. The SMILES string of the molecule is CC1COc2c(F)c(F)c(N)c3c(=O)c(C(N)=O)cn1c23. The summed E-state index contributed by atoms with van der Waals surface area (Å²) in [6, 6.07) is -0.303. The van der Waals surface area contributed by atoms with Crippen molar-refractivity contribution in [1.29, 1.82) is 0 Å². The molecule has 0 saturated heterocycles. The van der Waals surface area contributed by atoms with Crippen molar-refractivity contribution in [2.24, 2.45) is 5.73 Å². The molecule has 0 radical (unpaired) electrons. The summed E-state index contributed by atoms with van der Waals surface area (Å²) >= 11 is 0. The van der Waals surface area contributed by atoms with Crippen molar-refractivity contribution in [1.82, 2.24) is 4.57 Å². The van der Waals surface area contributed by atoms with E-state index in [0.29, 0.717) is 0 Å². The van der Waals surface area contributed by atoms with Gasteiger partial charge in [0.15, 0.2) is 11.6 Å². The van der Waals surface area contributed by atoms with Gasteiger partial charge in [-0.05, 0) is 6.92 Å². The molecule has 1 atom stereocenters. The number of primary amides is 1. The molecule has 8 heteroatoms. The molecule has 4 N–H and O–H groups in total. The van der Waals surface area contributed by atoms with E-state index in [-0.39, 0.29) is 34.9 Å². The molecule has 110 valence electrons. The minimum Gasteiger partial charge on any atom is -0.486 e. The van der Waals surface area contributed by atoms with E-state index >= 15 is 0 Å². The molecule has 0 fully saturated rings. The van der Waals surface area contributed by atoms with Crippen LogP contribution >= 0.6 is 0 Å². The fourth-order valence-electron chi connectivity index (χ4n) is 2.48. The van der Waals surface area contributed by atoms with Crippen molar-refractivity contribution >= 4 is 22.5 Å². The Morgan fingerprint density at radius 2 is 2.10 bits per heavy atom. The Morgan fingerprint density at radius 1 is 1.43 bits per heavy atom. The lowest BCUT2D eigenvalue weighted by Gasteiger charge is -2.27. The number of benzene rings is 1. The Kier molecular flexibility index (Phi) is 2.65. The highest BCUT2D eigenvalue weighted by Crippen LogP contribution is 2.38. The molecule has 0 spiro atoms. The highest BCUT2D eigenvalue weighted by molar-refractivity contribution is 6.01. The quantitative estimate of drug-likeness (QED) is 0.764. The molecule has 2 heterocycles. The molecule has 0 bridgehead atoms. The summed E-state index contributed by atoms with van der Waals surface area (Å²) in [7, 11) is 0. The monoisotopic (exact) mass is 295 g/mol. The van der Waals surface area contributed by atoms with Gasteiger partial charge in [-0.1, -0.05) is 0 Å². The second-order valence-corrected chi connectivity index (χ2v) is 4.90. The van der Waals surface area contributed by atoms with Crippen LogP contribution in [0.2, 0.25) is 0 Å². The smallest absolute Gasteiger partial charge is 0.254 e. The number of hydrogen-bond acceptors (Lipinski definition) is 4. The van der Waals surface area contributed by atoms with Crippen LogP contribution in [0.3, 0.4) is 0 Å². The van der Waals surface area contributed by atoms with E-state index in [2.05, 4.69) is 0 Å². The summed E-state index contributed by atoms with van der Waals surface area (Å²) < 4.78 is 34.4. The third-order valence-corrected chi connectivity index (χ3v) is 3.56. The molecule has 1 aliphatic rings. The first-order valence-electron chi connectivity index (χ1n) is 6.12. The molecular formula is C13H11F2N3O3. The van der Waals surface area contributed by atoms with Crippen molar-refractivity contribution < 1.29 is 18.3 Å². The molecule has 1 aliphatic heterocycles. The lowest BCUT2D eigenvalue weighted by Crippen LogP contribution is -2.30. The lowest BCUT2D eigenvalue weighted by molar-refractivity contribution is 0.0998. The van der Waals surface area contributed by atoms with Gasteiger partial charge in [0.2, 0.25) is 11.2 Å². The average Bonchev–Trinajstić information content (AvgIpc) is 2.43. The zero-order chi connectivity index (χ0) is 15.5. The van der Waals surface area contributed by atoms with Crippen molar-refractivity contribution in [2.45, 2.75) is 13.0 Å². The van der Waals surface area contributed by atoms with E-state index in [4.69, 9.17) is 16.2 Å². The predicted octanol–water partition coefficient (Wildman–Crippen LogP) is 0.914. The maximum absolute atomic E-state index is 13.9. The molecule has 6 nitrogen and oxygen atoms in total. The number of ether oxygens (including phenoxy) is 1. The fourth-order valence-corrected chi connectivity index (χ4v) is 2.48. The molecule has 2 aromatic rings. The van der Waals surface area contributed by atoms with Gasteiger partial charge in [0.25, 0.3) is 5.91 Å². The first-order chi connectivity index (χ1) is 9.84. The summed E-state index contributed by atoms with van der Waals surface area (Å²) in [6.45, 7) is 1.79. The predicted molar refractivity (Wildman–Crippen MR) is 71.3 cm³/mol. The van der Waals surface area contributed by atoms with Crippen LogP contribution < -0.4 is 21.6 Å². The number of amides is 1. The summed E-state index contributed by atoms with van der Waals surface area (Å²) in [4.78, 5) is 23.6. The Balaban J connectivity index is 2.64. The zero-order valence-electron chi connectivity index (χ0n) is 10.9. The number of rotatable bonds is 1. The van der Waals surface area contributed by atoms with Crippen LogP contribution in [0.25, 0.3) is 10.9 Å². The van der Waals surface area contributed by atoms with Crippen molar-refractivity contribution in [3.05, 3.63) is 33.6 Å². The number of aromatic nitrogens is 1. The second-order valence-electron chi connectivity index (χ2n) is 4.90. The number of hydrogen-bond donors (Lipinski definition) is 2. The molecule has 0 aliphatic carbocycles. The summed E-state index contributed by atoms with van der Waals surface area (Å²) in [6.07, 6.45) is 1.22. The van der Waals surface area contributed by atoms with Gasteiger partial charge in [-0.3, -0.25) is 9.59 Å². The highest BCUT2D eigenvalue weighted by atomic mass is 19.2. The maximum atomic E-state index is 13.9. The van der Waals surface area contributed by atoms with Crippen LogP contribution in [0, 0.1) is 11.6 Å². The summed E-state index contributed by atoms with van der Waals surface area (Å²) in [5.74, 6) is -3.98. The molecular weight excluding hydrogens is 284 g/mol. The fraction of sp³-hybridized carbons (Fsp3) is 0.231. The van der Waals surface area contributed by atoms with Crippen LogP contribution in [0.15, 0.2) is 11.0 Å². The van der Waals surface area contributed by atoms with Gasteiger partial charge in [0, 0.05) is 6.20 Å². The minimum atomic E-state index is -1.38. The van der Waals surface area contributed by atoms with Crippen molar-refractivity contribution in [2.75, 3.05) is 12.3 Å². The van der Waals surface area contributed by atoms with Crippen molar-refractivity contribution in [3.8, 4) is 5.75 Å². The largest absolute Gasteiger partial charge is 0.486 e. The maximum Gasteiger partial charge on any atom is 0.254 e. The molecule has 3 rings (SSSR count). The van der Waals surface area contributed by atoms with E-state index in [0.717, 1.165) is 0 Å². The third-order valence-electron chi connectivity index (χ3n) is 3.56. The van der Waals surface area contributed by atoms with Crippen LogP contribution in [0.5, 0.6) is 5.75 Å². The number of carbonyl (C=O) groups excluding carboxylic acids is 1. The Hall–Kier alpha value is -2.64. The van der Waals surface area contributed by atoms with Gasteiger partial charge < -0.3 is 20.8 Å². The molecule has 0 saturated carbocycles. The van der Waals surface area contributed by atoms with E-state index in [1.165, 1.54) is 10.8 Å². The topological polar surface area (TPSA) is 100 Å². The van der Waals surface area contributed by atoms with Crippen molar-refractivity contribution in [3.63, 3.8) is 0 Å². The van der Waals surface area contributed by atoms with Gasteiger partial charge >= 0.3 is 0 Å². The van der Waals surface area contributed by atoms with Gasteiger partial charge in [0.05, 0.1) is 17.1 Å². The Labute approximate surface area is 116 Å². The third kappa shape index (κ3) is 1.61. The lowest BCUT2D eigenvalue weighted by atomic mass is 10.1. The molecule has 1 unspecified atom stereocenters. The molecule has 21 heavy (non-hydrogen) atoms. The van der Waals surface area contributed by atoms with E-state index < -0.39 is 28.7 Å². The number of halogens is 2. The number of nitrogens with two attached hydrogens (primary N) is 2. The molecule has 1 aromatic heterocycles. The number of pyridine rings is 1.